The zero-order valence-corrected chi connectivity index (χ0v) is 8.25. The molecule has 0 aliphatic carbocycles. The molecule has 15 heavy (non-hydrogen) atoms. The van der Waals surface area contributed by atoms with Crippen molar-refractivity contribution in [2.24, 2.45) is 0 Å². The fourth-order valence-corrected chi connectivity index (χ4v) is 1.64. The number of ketones is 1. The highest BCUT2D eigenvalue weighted by Gasteiger charge is 2.35. The molecule has 0 radical (unpaired) electrons. The topological polar surface area (TPSA) is 63.2 Å². The second kappa shape index (κ2) is 3.47. The zero-order valence-electron chi connectivity index (χ0n) is 7.49. The number of nitrogens with one attached hydrogen (secondary N) is 1. The second-order valence-electron chi connectivity index (χ2n) is 3.12. The van der Waals surface area contributed by atoms with Gasteiger partial charge >= 0.3 is 0 Å². The largest absolute Gasteiger partial charge is 0.334 e. The fraction of sp³-hybridized carbons (Fsp3) is 0.100. The summed E-state index contributed by atoms with van der Waals surface area (Å²) in [5.41, 5.74) is 0.511. The molecule has 1 unspecified atom stereocenters. The average Bonchev–Trinajstić information content (AvgIpc) is 2.23. The van der Waals surface area contributed by atoms with Gasteiger partial charge in [0.15, 0.2) is 11.8 Å². The summed E-state index contributed by atoms with van der Waals surface area (Å²) < 4.78 is 0. The first-order chi connectivity index (χ1) is 7.11. The Morgan fingerprint density at radius 3 is 2.40 bits per heavy atom. The normalized spacial score (nSPS) is 19.4. The van der Waals surface area contributed by atoms with Crippen LogP contribution in [0.15, 0.2) is 24.3 Å². The van der Waals surface area contributed by atoms with Crippen LogP contribution < -0.4 is 5.32 Å². The number of carbonyl (C=O) groups is 3. The second-order valence-corrected chi connectivity index (χ2v) is 3.49. The van der Waals surface area contributed by atoms with Crippen LogP contribution in [0.2, 0.25) is 0 Å². The SMILES string of the molecule is O=C1NC(C(=O)Cl)C(=O)c2ccccc21. The summed E-state index contributed by atoms with van der Waals surface area (Å²) in [6.45, 7) is 0. The molecule has 1 aliphatic heterocycles. The van der Waals surface area contributed by atoms with Gasteiger partial charge < -0.3 is 5.32 Å². The molecule has 76 valence electrons. The maximum absolute atomic E-state index is 11.7. The van der Waals surface area contributed by atoms with E-state index in [1.54, 1.807) is 12.1 Å². The molecule has 0 saturated carbocycles. The van der Waals surface area contributed by atoms with Crippen molar-refractivity contribution in [1.29, 1.82) is 0 Å². The number of halogens is 1. The molecule has 1 amide bonds. The molecule has 1 aliphatic rings. The van der Waals surface area contributed by atoms with E-state index >= 15 is 0 Å². The van der Waals surface area contributed by atoms with Gasteiger partial charge in [-0.2, -0.15) is 0 Å². The highest BCUT2D eigenvalue weighted by Crippen LogP contribution is 2.17. The van der Waals surface area contributed by atoms with Gasteiger partial charge in [-0.1, -0.05) is 18.2 Å². The Balaban J connectivity index is 2.53. The molecular weight excluding hydrogens is 218 g/mol. The molecule has 0 saturated heterocycles. The summed E-state index contributed by atoms with van der Waals surface area (Å²) in [5, 5.41) is 1.38. The number of benzene rings is 1. The first kappa shape index (κ1) is 9.86. The van der Waals surface area contributed by atoms with E-state index in [2.05, 4.69) is 5.32 Å². The van der Waals surface area contributed by atoms with E-state index in [9.17, 15) is 14.4 Å². The van der Waals surface area contributed by atoms with Gasteiger partial charge in [0.05, 0.1) is 5.56 Å². The molecule has 4 nitrogen and oxygen atoms in total. The van der Waals surface area contributed by atoms with Gasteiger partial charge in [0, 0.05) is 5.56 Å². The summed E-state index contributed by atoms with van der Waals surface area (Å²) in [4.78, 5) is 34.0. The monoisotopic (exact) mass is 223 g/mol. The Morgan fingerprint density at radius 2 is 1.80 bits per heavy atom. The number of amides is 1. The van der Waals surface area contributed by atoms with Crippen molar-refractivity contribution in [1.82, 2.24) is 5.32 Å². The van der Waals surface area contributed by atoms with Crippen LogP contribution in [0.1, 0.15) is 20.7 Å². The van der Waals surface area contributed by atoms with E-state index in [4.69, 9.17) is 11.6 Å². The van der Waals surface area contributed by atoms with Crippen molar-refractivity contribution < 1.29 is 14.4 Å². The van der Waals surface area contributed by atoms with Gasteiger partial charge in [0.25, 0.3) is 11.1 Å². The van der Waals surface area contributed by atoms with Crippen LogP contribution in [-0.4, -0.2) is 23.0 Å². The molecule has 2 rings (SSSR count). The van der Waals surface area contributed by atoms with Gasteiger partial charge in [-0.25, -0.2) is 0 Å². The minimum atomic E-state index is -1.26. The van der Waals surface area contributed by atoms with Gasteiger partial charge in [-0.05, 0) is 17.7 Å². The van der Waals surface area contributed by atoms with Crippen molar-refractivity contribution in [2.45, 2.75) is 6.04 Å². The lowest BCUT2D eigenvalue weighted by Crippen LogP contribution is -2.49. The summed E-state index contributed by atoms with van der Waals surface area (Å²) in [6.07, 6.45) is 0. The smallest absolute Gasteiger partial charge is 0.252 e. The number of Topliss-reactive ketones (excluding diaryl/α,β-unsaturated/α-hetero) is 1. The summed E-state index contributed by atoms with van der Waals surface area (Å²) in [7, 11) is 0. The Morgan fingerprint density at radius 1 is 1.20 bits per heavy atom. The van der Waals surface area contributed by atoms with E-state index in [1.165, 1.54) is 12.1 Å². The van der Waals surface area contributed by atoms with E-state index in [-0.39, 0.29) is 11.1 Å². The van der Waals surface area contributed by atoms with Crippen LogP contribution in [-0.2, 0) is 4.79 Å². The molecule has 0 bridgehead atoms. The lowest BCUT2D eigenvalue weighted by molar-refractivity contribution is -0.112. The van der Waals surface area contributed by atoms with Crippen LogP contribution in [0.3, 0.4) is 0 Å². The molecule has 0 fully saturated rings. The number of fused-ring (bicyclic) bond motifs is 1. The summed E-state index contributed by atoms with van der Waals surface area (Å²) >= 11 is 5.21. The third kappa shape index (κ3) is 1.53. The number of carbonyl (C=O) groups excluding carboxylic acids is 3. The molecular formula is C10H6ClNO3. The molecule has 0 aromatic heterocycles. The van der Waals surface area contributed by atoms with E-state index < -0.39 is 23.0 Å². The predicted octanol–water partition coefficient (Wildman–Crippen LogP) is 0.747. The Bertz CT molecular complexity index is 469. The summed E-state index contributed by atoms with van der Waals surface area (Å²) in [5.74, 6) is -0.922. The van der Waals surface area contributed by atoms with E-state index in [0.29, 0.717) is 0 Å². The molecule has 5 heteroatoms. The lowest BCUT2D eigenvalue weighted by atomic mass is 9.94. The number of hydrogen-bond acceptors (Lipinski definition) is 3. The lowest BCUT2D eigenvalue weighted by Gasteiger charge is -2.21. The van der Waals surface area contributed by atoms with Crippen molar-refractivity contribution in [3.05, 3.63) is 35.4 Å². The molecule has 0 spiro atoms. The zero-order chi connectivity index (χ0) is 11.0. The molecule has 1 aromatic carbocycles. The third-order valence-corrected chi connectivity index (χ3v) is 2.42. The molecule has 1 aromatic rings. The maximum atomic E-state index is 11.7. The number of rotatable bonds is 1. The van der Waals surface area contributed by atoms with Crippen LogP contribution in [0.25, 0.3) is 0 Å². The standard InChI is InChI=1S/C10H6ClNO3/c11-9(14)7-8(13)5-3-1-2-4-6(5)10(15)12-7/h1-4,7H,(H,12,15). The average molecular weight is 224 g/mol. The fourth-order valence-electron chi connectivity index (χ4n) is 1.49. The van der Waals surface area contributed by atoms with Crippen LogP contribution in [0.5, 0.6) is 0 Å². The van der Waals surface area contributed by atoms with Gasteiger partial charge in [-0.15, -0.1) is 0 Å². The molecule has 1 atom stereocenters. The van der Waals surface area contributed by atoms with Crippen molar-refractivity contribution in [2.75, 3.05) is 0 Å². The molecule has 1 heterocycles. The number of hydrogen-bond donors (Lipinski definition) is 1. The maximum Gasteiger partial charge on any atom is 0.252 e. The van der Waals surface area contributed by atoms with Gasteiger partial charge in [-0.3, -0.25) is 14.4 Å². The predicted molar refractivity (Wildman–Crippen MR) is 52.9 cm³/mol. The highest BCUT2D eigenvalue weighted by atomic mass is 35.5. The molecule has 1 N–H and O–H groups in total. The quantitative estimate of drug-likeness (QED) is 0.564. The van der Waals surface area contributed by atoms with Crippen LogP contribution in [0, 0.1) is 0 Å². The first-order valence-electron chi connectivity index (χ1n) is 4.24. The minimum Gasteiger partial charge on any atom is -0.334 e. The van der Waals surface area contributed by atoms with Crippen LogP contribution >= 0.6 is 11.6 Å². The Kier molecular flexibility index (Phi) is 2.28. The van der Waals surface area contributed by atoms with Gasteiger partial charge in [0.2, 0.25) is 0 Å². The summed E-state index contributed by atoms with van der Waals surface area (Å²) in [6, 6.07) is 5.05. The van der Waals surface area contributed by atoms with E-state index in [1.807, 2.05) is 0 Å². The Labute approximate surface area is 90.2 Å². The van der Waals surface area contributed by atoms with Crippen LogP contribution in [0.4, 0.5) is 0 Å². The minimum absolute atomic E-state index is 0.236. The third-order valence-electron chi connectivity index (χ3n) is 2.20. The first-order valence-corrected chi connectivity index (χ1v) is 4.62. The van der Waals surface area contributed by atoms with Gasteiger partial charge in [0.1, 0.15) is 0 Å². The van der Waals surface area contributed by atoms with Crippen molar-refractivity contribution in [3.8, 4) is 0 Å². The van der Waals surface area contributed by atoms with Crippen molar-refractivity contribution in [3.63, 3.8) is 0 Å². The van der Waals surface area contributed by atoms with E-state index in [0.717, 1.165) is 0 Å². The Hall–Kier alpha value is -1.68. The van der Waals surface area contributed by atoms with Crippen molar-refractivity contribution >= 4 is 28.5 Å². The highest BCUT2D eigenvalue weighted by molar-refractivity contribution is 6.67.